The average Bonchev–Trinajstić information content (AvgIpc) is 2.51. The number of hydrogen-bond donors (Lipinski definition) is 1. The molecular weight excluding hydrogens is 330 g/mol. The van der Waals surface area contributed by atoms with Crippen molar-refractivity contribution in [2.75, 3.05) is 12.4 Å². The van der Waals surface area contributed by atoms with Gasteiger partial charge in [-0.15, -0.1) is 0 Å². The zero-order valence-corrected chi connectivity index (χ0v) is 14.7. The van der Waals surface area contributed by atoms with E-state index in [2.05, 4.69) is 5.32 Å². The van der Waals surface area contributed by atoms with Crippen molar-refractivity contribution in [3.8, 4) is 11.5 Å². The molecule has 1 N–H and O–H groups in total. The molecule has 0 radical (unpaired) electrons. The molecule has 0 bridgehead atoms. The summed E-state index contributed by atoms with van der Waals surface area (Å²) in [5.41, 5.74) is 1.87. The molecule has 128 valence electrons. The molecule has 0 spiro atoms. The number of carbonyl (C=O) groups excluding carboxylic acids is 1. The van der Waals surface area contributed by atoms with Gasteiger partial charge in [0.2, 0.25) is 5.91 Å². The number of ether oxygens (including phenoxy) is 1. The third kappa shape index (κ3) is 3.86. The van der Waals surface area contributed by atoms with Crippen LogP contribution in [0.3, 0.4) is 0 Å². The molecule has 0 atom stereocenters. The number of nitrogens with one attached hydrogen (secondary N) is 1. The van der Waals surface area contributed by atoms with E-state index >= 15 is 0 Å². The van der Waals surface area contributed by atoms with Gasteiger partial charge >= 0.3 is 10.1 Å². The fraction of sp³-hybridized carbons (Fsp3) is 0.235. The molecule has 0 aliphatic rings. The van der Waals surface area contributed by atoms with Crippen molar-refractivity contribution in [3.63, 3.8) is 0 Å². The maximum atomic E-state index is 12.5. The molecule has 0 aliphatic heterocycles. The van der Waals surface area contributed by atoms with Gasteiger partial charge in [0.05, 0.1) is 7.11 Å². The zero-order valence-electron chi connectivity index (χ0n) is 13.9. The van der Waals surface area contributed by atoms with Crippen molar-refractivity contribution in [3.05, 3.63) is 47.5 Å². The Morgan fingerprint density at radius 3 is 2.17 bits per heavy atom. The molecule has 0 aliphatic carbocycles. The summed E-state index contributed by atoms with van der Waals surface area (Å²) < 4.78 is 35.4. The van der Waals surface area contributed by atoms with Gasteiger partial charge < -0.3 is 14.2 Å². The molecule has 2 rings (SSSR count). The molecule has 0 aromatic heterocycles. The number of carbonyl (C=O) groups is 1. The van der Waals surface area contributed by atoms with Gasteiger partial charge in [0.25, 0.3) is 0 Å². The third-order valence-corrected chi connectivity index (χ3v) is 4.95. The Morgan fingerprint density at radius 2 is 1.62 bits per heavy atom. The molecule has 0 fully saturated rings. The Bertz CT molecular complexity index is 857. The topological polar surface area (TPSA) is 81.7 Å². The summed E-state index contributed by atoms with van der Waals surface area (Å²) >= 11 is 0. The number of amides is 1. The fourth-order valence-corrected chi connectivity index (χ4v) is 3.45. The first kappa shape index (κ1) is 17.8. The van der Waals surface area contributed by atoms with Crippen molar-refractivity contribution < 1.29 is 22.1 Å². The lowest BCUT2D eigenvalue weighted by Crippen LogP contribution is -2.12. The fourth-order valence-electron chi connectivity index (χ4n) is 2.23. The minimum absolute atomic E-state index is 0.0896. The van der Waals surface area contributed by atoms with Crippen molar-refractivity contribution >= 4 is 21.7 Å². The second-order valence-electron chi connectivity index (χ2n) is 5.26. The number of benzene rings is 2. The molecule has 6 nitrogen and oxygen atoms in total. The van der Waals surface area contributed by atoms with E-state index in [1.807, 2.05) is 0 Å². The van der Waals surface area contributed by atoms with E-state index in [4.69, 9.17) is 8.92 Å². The van der Waals surface area contributed by atoms with Crippen molar-refractivity contribution in [2.45, 2.75) is 25.7 Å². The van der Waals surface area contributed by atoms with Crippen LogP contribution in [-0.2, 0) is 14.9 Å². The van der Waals surface area contributed by atoms with Crippen LogP contribution in [0.2, 0.25) is 0 Å². The molecule has 2 aromatic rings. The highest BCUT2D eigenvalue weighted by atomic mass is 32.2. The van der Waals surface area contributed by atoms with Gasteiger partial charge in [-0.1, -0.05) is 0 Å². The highest BCUT2D eigenvalue weighted by Gasteiger charge is 2.21. The maximum absolute atomic E-state index is 12.5. The second-order valence-corrected chi connectivity index (χ2v) is 6.77. The minimum atomic E-state index is -3.97. The van der Waals surface area contributed by atoms with Crippen LogP contribution >= 0.6 is 0 Å². The Balaban J connectivity index is 2.29. The predicted octanol–water partition coefficient (Wildman–Crippen LogP) is 3.04. The van der Waals surface area contributed by atoms with Crippen LogP contribution < -0.4 is 14.2 Å². The SMILES string of the molecule is COc1ccc(S(=O)(=O)Oc2ccc(NC(C)=O)cc2)c(C)c1C. The van der Waals surface area contributed by atoms with E-state index in [1.165, 1.54) is 32.2 Å². The predicted molar refractivity (Wildman–Crippen MR) is 91.0 cm³/mol. The first-order valence-corrected chi connectivity index (χ1v) is 8.62. The van der Waals surface area contributed by atoms with Crippen LogP contribution in [0.1, 0.15) is 18.1 Å². The molecule has 2 aromatic carbocycles. The lowest BCUT2D eigenvalue weighted by atomic mass is 10.1. The molecule has 0 unspecified atom stereocenters. The van der Waals surface area contributed by atoms with E-state index in [9.17, 15) is 13.2 Å². The van der Waals surface area contributed by atoms with Gasteiger partial charge in [0.15, 0.2) is 0 Å². The van der Waals surface area contributed by atoms with Crippen molar-refractivity contribution in [2.24, 2.45) is 0 Å². The number of methoxy groups -OCH3 is 1. The standard InChI is InChI=1S/C17H19NO5S/c1-11-12(2)17(10-9-16(11)22-4)24(20,21)23-15-7-5-14(6-8-15)18-13(3)19/h5-10H,1-4H3,(H,18,19). The molecule has 1 amide bonds. The van der Waals surface area contributed by atoms with E-state index in [-0.39, 0.29) is 16.6 Å². The first-order valence-electron chi connectivity index (χ1n) is 7.21. The Morgan fingerprint density at radius 1 is 1.00 bits per heavy atom. The Hall–Kier alpha value is -2.54. The van der Waals surface area contributed by atoms with E-state index in [0.717, 1.165) is 5.56 Å². The summed E-state index contributed by atoms with van der Waals surface area (Å²) in [5.74, 6) is 0.573. The summed E-state index contributed by atoms with van der Waals surface area (Å²) in [6.45, 7) is 4.88. The Labute approximate surface area is 141 Å². The lowest BCUT2D eigenvalue weighted by molar-refractivity contribution is -0.114. The van der Waals surface area contributed by atoms with Gasteiger partial charge in [0, 0.05) is 12.6 Å². The van der Waals surface area contributed by atoms with E-state index in [1.54, 1.807) is 32.0 Å². The third-order valence-electron chi connectivity index (χ3n) is 3.56. The van der Waals surface area contributed by atoms with Crippen molar-refractivity contribution in [1.82, 2.24) is 0 Å². The van der Waals surface area contributed by atoms with Gasteiger partial charge in [-0.25, -0.2) is 0 Å². The van der Waals surface area contributed by atoms with Crippen LogP contribution in [0, 0.1) is 13.8 Å². The molecule has 7 heteroatoms. The molecule has 24 heavy (non-hydrogen) atoms. The summed E-state index contributed by atoms with van der Waals surface area (Å²) in [6.07, 6.45) is 0. The number of rotatable bonds is 5. The van der Waals surface area contributed by atoms with Crippen molar-refractivity contribution in [1.29, 1.82) is 0 Å². The summed E-state index contributed by atoms with van der Waals surface area (Å²) in [5, 5.41) is 2.60. The zero-order chi connectivity index (χ0) is 17.9. The maximum Gasteiger partial charge on any atom is 0.339 e. The number of hydrogen-bond acceptors (Lipinski definition) is 5. The lowest BCUT2D eigenvalue weighted by Gasteiger charge is -2.13. The first-order chi connectivity index (χ1) is 11.2. The highest BCUT2D eigenvalue weighted by molar-refractivity contribution is 7.87. The van der Waals surface area contributed by atoms with Gasteiger partial charge in [-0.05, 0) is 61.4 Å². The van der Waals surface area contributed by atoms with E-state index < -0.39 is 10.1 Å². The van der Waals surface area contributed by atoms with Crippen LogP contribution in [-0.4, -0.2) is 21.4 Å². The number of anilines is 1. The minimum Gasteiger partial charge on any atom is -0.496 e. The summed E-state index contributed by atoms with van der Waals surface area (Å²) in [7, 11) is -2.44. The summed E-state index contributed by atoms with van der Waals surface area (Å²) in [4.78, 5) is 11.1. The van der Waals surface area contributed by atoms with Crippen LogP contribution in [0.5, 0.6) is 11.5 Å². The molecule has 0 saturated carbocycles. The Kier molecular flexibility index (Phi) is 5.14. The monoisotopic (exact) mass is 349 g/mol. The van der Waals surface area contributed by atoms with E-state index in [0.29, 0.717) is 17.0 Å². The normalized spacial score (nSPS) is 11.0. The summed E-state index contributed by atoms with van der Waals surface area (Å²) in [6, 6.07) is 9.15. The highest BCUT2D eigenvalue weighted by Crippen LogP contribution is 2.29. The molecule has 0 saturated heterocycles. The molecule has 0 heterocycles. The van der Waals surface area contributed by atoms with Gasteiger partial charge in [0.1, 0.15) is 16.4 Å². The second kappa shape index (κ2) is 6.92. The quantitative estimate of drug-likeness (QED) is 0.839. The van der Waals surface area contributed by atoms with Gasteiger partial charge in [-0.2, -0.15) is 8.42 Å². The van der Waals surface area contributed by atoms with Gasteiger partial charge in [-0.3, -0.25) is 4.79 Å². The smallest absolute Gasteiger partial charge is 0.339 e. The average molecular weight is 349 g/mol. The molecular formula is C17H19NO5S. The van der Waals surface area contributed by atoms with Crippen LogP contribution in [0.25, 0.3) is 0 Å². The largest absolute Gasteiger partial charge is 0.496 e. The van der Waals surface area contributed by atoms with Crippen LogP contribution in [0.15, 0.2) is 41.3 Å². The van der Waals surface area contributed by atoms with Crippen LogP contribution in [0.4, 0.5) is 5.69 Å².